The Kier molecular flexibility index (Phi) is 4.90. The summed E-state index contributed by atoms with van der Waals surface area (Å²) in [6.45, 7) is 0.235. The Morgan fingerprint density at radius 3 is 2.71 bits per heavy atom. The second kappa shape index (κ2) is 6.67. The Labute approximate surface area is 124 Å². The van der Waals surface area contributed by atoms with Crippen LogP contribution >= 0.6 is 0 Å². The monoisotopic (exact) mass is 291 g/mol. The summed E-state index contributed by atoms with van der Waals surface area (Å²) in [6, 6.07) is 6.41. The number of para-hydroxylation sites is 1. The van der Waals surface area contributed by atoms with Gasteiger partial charge in [0.05, 0.1) is 17.4 Å². The summed E-state index contributed by atoms with van der Waals surface area (Å²) in [7, 11) is 1.68. The molecule has 0 saturated heterocycles. The van der Waals surface area contributed by atoms with Gasteiger partial charge in [0.15, 0.2) is 0 Å². The van der Waals surface area contributed by atoms with Crippen molar-refractivity contribution < 1.29 is 9.72 Å². The number of nitro groups is 1. The Hall–Kier alpha value is -1.95. The highest BCUT2D eigenvalue weighted by Gasteiger charge is 2.30. The number of nitro benzene ring substituents is 1. The Bertz CT molecular complexity index is 533. The number of rotatable bonds is 4. The molecule has 2 N–H and O–H groups in total. The fourth-order valence-electron chi connectivity index (χ4n) is 2.91. The molecule has 114 valence electrons. The number of nitrogens with zero attached hydrogens (tertiary/aromatic N) is 2. The van der Waals surface area contributed by atoms with Crippen molar-refractivity contribution in [3.05, 3.63) is 39.9 Å². The molecule has 1 aromatic carbocycles. The molecule has 0 spiro atoms. The fourth-order valence-corrected chi connectivity index (χ4v) is 2.91. The summed E-state index contributed by atoms with van der Waals surface area (Å²) < 4.78 is 0. The van der Waals surface area contributed by atoms with Gasteiger partial charge in [-0.3, -0.25) is 14.9 Å². The van der Waals surface area contributed by atoms with Crippen LogP contribution in [-0.2, 0) is 11.3 Å². The molecule has 6 heteroatoms. The van der Waals surface area contributed by atoms with E-state index in [1.54, 1.807) is 30.1 Å². The van der Waals surface area contributed by atoms with E-state index in [0.29, 0.717) is 5.56 Å². The molecule has 1 aliphatic rings. The first-order chi connectivity index (χ1) is 10.0. The van der Waals surface area contributed by atoms with E-state index in [9.17, 15) is 14.9 Å². The SMILES string of the molecule is CN(Cc1ccccc1[N+](=O)[O-])C(=O)C1CCCCC1N. The summed E-state index contributed by atoms with van der Waals surface area (Å²) in [4.78, 5) is 24.6. The maximum absolute atomic E-state index is 12.5. The third-order valence-corrected chi connectivity index (χ3v) is 4.11. The first kappa shape index (κ1) is 15.4. The van der Waals surface area contributed by atoms with Gasteiger partial charge in [0, 0.05) is 24.7 Å². The molecule has 1 fully saturated rings. The van der Waals surface area contributed by atoms with Crippen molar-refractivity contribution in [2.24, 2.45) is 11.7 Å². The molecule has 1 aromatic rings. The van der Waals surface area contributed by atoms with E-state index in [4.69, 9.17) is 5.73 Å². The first-order valence-electron chi connectivity index (χ1n) is 7.23. The van der Waals surface area contributed by atoms with Crippen molar-refractivity contribution >= 4 is 11.6 Å². The molecule has 2 atom stereocenters. The normalized spacial score (nSPS) is 21.8. The van der Waals surface area contributed by atoms with Crippen LogP contribution in [0.5, 0.6) is 0 Å². The van der Waals surface area contributed by atoms with Crippen molar-refractivity contribution in [2.75, 3.05) is 7.05 Å². The summed E-state index contributed by atoms with van der Waals surface area (Å²) in [5, 5.41) is 11.0. The third-order valence-electron chi connectivity index (χ3n) is 4.11. The second-order valence-corrected chi connectivity index (χ2v) is 5.63. The zero-order valence-electron chi connectivity index (χ0n) is 12.2. The molecule has 0 heterocycles. The lowest BCUT2D eigenvalue weighted by atomic mass is 9.84. The number of benzene rings is 1. The quantitative estimate of drug-likeness (QED) is 0.679. The van der Waals surface area contributed by atoms with Gasteiger partial charge < -0.3 is 10.6 Å². The largest absolute Gasteiger partial charge is 0.341 e. The fraction of sp³-hybridized carbons (Fsp3) is 0.533. The summed E-state index contributed by atoms with van der Waals surface area (Å²) >= 11 is 0. The van der Waals surface area contributed by atoms with Crippen LogP contribution in [0.15, 0.2) is 24.3 Å². The smallest absolute Gasteiger partial charge is 0.274 e. The van der Waals surface area contributed by atoms with Gasteiger partial charge in [-0.05, 0) is 12.8 Å². The zero-order valence-corrected chi connectivity index (χ0v) is 12.2. The summed E-state index contributed by atoms with van der Waals surface area (Å²) in [5.41, 5.74) is 6.62. The number of hydrogen-bond donors (Lipinski definition) is 1. The minimum absolute atomic E-state index is 0.0136. The Morgan fingerprint density at radius 2 is 2.05 bits per heavy atom. The average molecular weight is 291 g/mol. The molecule has 2 unspecified atom stereocenters. The van der Waals surface area contributed by atoms with Crippen LogP contribution in [-0.4, -0.2) is 28.8 Å². The van der Waals surface area contributed by atoms with E-state index in [0.717, 1.165) is 25.7 Å². The molecule has 0 bridgehead atoms. The van der Waals surface area contributed by atoms with Crippen LogP contribution in [0.3, 0.4) is 0 Å². The maximum Gasteiger partial charge on any atom is 0.274 e. The minimum Gasteiger partial charge on any atom is -0.341 e. The zero-order chi connectivity index (χ0) is 15.4. The molecule has 2 rings (SSSR count). The number of amides is 1. The molecule has 1 aliphatic carbocycles. The highest BCUT2D eigenvalue weighted by Crippen LogP contribution is 2.26. The Balaban J connectivity index is 2.09. The van der Waals surface area contributed by atoms with Crippen molar-refractivity contribution in [3.8, 4) is 0 Å². The average Bonchev–Trinajstić information content (AvgIpc) is 2.47. The second-order valence-electron chi connectivity index (χ2n) is 5.63. The van der Waals surface area contributed by atoms with Gasteiger partial charge in [-0.2, -0.15) is 0 Å². The van der Waals surface area contributed by atoms with Gasteiger partial charge in [0.25, 0.3) is 5.69 Å². The summed E-state index contributed by atoms with van der Waals surface area (Å²) in [5.74, 6) is -0.174. The Morgan fingerprint density at radius 1 is 1.38 bits per heavy atom. The van der Waals surface area contributed by atoms with Gasteiger partial charge in [-0.25, -0.2) is 0 Å². The lowest BCUT2D eigenvalue weighted by Gasteiger charge is -2.31. The molecular weight excluding hydrogens is 270 g/mol. The van der Waals surface area contributed by atoms with Gasteiger partial charge >= 0.3 is 0 Å². The van der Waals surface area contributed by atoms with E-state index in [-0.39, 0.29) is 30.1 Å². The number of carbonyl (C=O) groups is 1. The molecule has 1 amide bonds. The van der Waals surface area contributed by atoms with Gasteiger partial charge in [-0.15, -0.1) is 0 Å². The number of hydrogen-bond acceptors (Lipinski definition) is 4. The van der Waals surface area contributed by atoms with Crippen molar-refractivity contribution in [1.29, 1.82) is 0 Å². The van der Waals surface area contributed by atoms with Crippen molar-refractivity contribution in [1.82, 2.24) is 4.90 Å². The highest BCUT2D eigenvalue weighted by molar-refractivity contribution is 5.79. The van der Waals surface area contributed by atoms with E-state index < -0.39 is 4.92 Å². The van der Waals surface area contributed by atoms with E-state index >= 15 is 0 Å². The molecular formula is C15H21N3O3. The van der Waals surface area contributed by atoms with Crippen LogP contribution in [0.1, 0.15) is 31.2 Å². The molecule has 0 radical (unpaired) electrons. The minimum atomic E-state index is -0.417. The van der Waals surface area contributed by atoms with Gasteiger partial charge in [0.1, 0.15) is 0 Å². The molecule has 0 aromatic heterocycles. The molecule has 0 aliphatic heterocycles. The topological polar surface area (TPSA) is 89.5 Å². The standard InChI is InChI=1S/C15H21N3O3/c1-17(15(19)12-7-3-4-8-13(12)16)10-11-6-2-5-9-14(11)18(20)21/h2,5-6,9,12-13H,3-4,7-8,10,16H2,1H3. The van der Waals surface area contributed by atoms with Crippen LogP contribution < -0.4 is 5.73 Å². The van der Waals surface area contributed by atoms with Crippen LogP contribution in [0, 0.1) is 16.0 Å². The number of carbonyl (C=O) groups excluding carboxylic acids is 1. The van der Waals surface area contributed by atoms with Gasteiger partial charge in [0.2, 0.25) is 5.91 Å². The van der Waals surface area contributed by atoms with Crippen molar-refractivity contribution in [2.45, 2.75) is 38.3 Å². The number of nitrogens with two attached hydrogens (primary N) is 1. The first-order valence-corrected chi connectivity index (χ1v) is 7.23. The van der Waals surface area contributed by atoms with E-state index in [1.807, 2.05) is 0 Å². The van der Waals surface area contributed by atoms with E-state index in [1.165, 1.54) is 6.07 Å². The predicted molar refractivity (Wildman–Crippen MR) is 79.5 cm³/mol. The lowest BCUT2D eigenvalue weighted by Crippen LogP contribution is -2.44. The van der Waals surface area contributed by atoms with Crippen molar-refractivity contribution in [3.63, 3.8) is 0 Å². The third kappa shape index (κ3) is 3.58. The summed E-state index contributed by atoms with van der Waals surface area (Å²) in [6.07, 6.45) is 3.76. The maximum atomic E-state index is 12.5. The molecule has 21 heavy (non-hydrogen) atoms. The predicted octanol–water partition coefficient (Wildman–Crippen LogP) is 2.07. The molecule has 1 saturated carbocycles. The van der Waals surface area contributed by atoms with E-state index in [2.05, 4.69) is 0 Å². The highest BCUT2D eigenvalue weighted by atomic mass is 16.6. The van der Waals surface area contributed by atoms with Crippen LogP contribution in [0.25, 0.3) is 0 Å². The molecule has 6 nitrogen and oxygen atoms in total. The van der Waals surface area contributed by atoms with Gasteiger partial charge in [-0.1, -0.05) is 31.0 Å². The van der Waals surface area contributed by atoms with Crippen LogP contribution in [0.4, 0.5) is 5.69 Å². The lowest BCUT2D eigenvalue weighted by molar-refractivity contribution is -0.385. The van der Waals surface area contributed by atoms with Crippen LogP contribution in [0.2, 0.25) is 0 Å².